The molecule has 10 heteroatoms. The quantitative estimate of drug-likeness (QED) is 0.434. The van der Waals surface area contributed by atoms with Crippen LogP contribution >= 0.6 is 0 Å². The lowest BCUT2D eigenvalue weighted by Gasteiger charge is -2.21. The summed E-state index contributed by atoms with van der Waals surface area (Å²) < 4.78 is 15.1. The summed E-state index contributed by atoms with van der Waals surface area (Å²) in [4.78, 5) is 40.1. The predicted octanol–water partition coefficient (Wildman–Crippen LogP) is 1.81. The van der Waals surface area contributed by atoms with Gasteiger partial charge in [0.25, 0.3) is 5.56 Å². The molecule has 0 aromatic carbocycles. The first-order valence-corrected chi connectivity index (χ1v) is 11.3. The van der Waals surface area contributed by atoms with Gasteiger partial charge in [-0.2, -0.15) is 0 Å². The van der Waals surface area contributed by atoms with Crippen LogP contribution in [0.25, 0.3) is 16.9 Å². The number of amides is 1. The summed E-state index contributed by atoms with van der Waals surface area (Å²) in [5.41, 5.74) is 0.0797. The van der Waals surface area contributed by atoms with E-state index in [0.717, 1.165) is 19.3 Å². The molecule has 1 atom stereocenters. The van der Waals surface area contributed by atoms with Crippen LogP contribution in [-0.2, 0) is 22.1 Å². The van der Waals surface area contributed by atoms with Crippen LogP contribution in [-0.4, -0.2) is 47.2 Å². The standard InChI is InChI=1S/C20H22N6O3S/c1-14(27)24-11-6-4-3-5-7-12-25-19(28)15-13-21-20(30(2)29)23-18(15)26(25)17-10-8-9-16(24)22-17/h5,7-10,13H,3-4,6,11-12H2,1-2H3. The maximum absolute atomic E-state index is 13.1. The van der Waals surface area contributed by atoms with Crippen molar-refractivity contribution in [3.63, 3.8) is 0 Å². The van der Waals surface area contributed by atoms with Crippen LogP contribution in [0, 0.1) is 0 Å². The fourth-order valence-electron chi connectivity index (χ4n) is 3.49. The van der Waals surface area contributed by atoms with Crippen LogP contribution in [0.4, 0.5) is 5.82 Å². The van der Waals surface area contributed by atoms with Gasteiger partial charge in [0, 0.05) is 25.9 Å². The van der Waals surface area contributed by atoms with E-state index in [-0.39, 0.29) is 16.6 Å². The van der Waals surface area contributed by atoms with Gasteiger partial charge in [0.05, 0.1) is 17.3 Å². The molecule has 0 N–H and O–H groups in total. The van der Waals surface area contributed by atoms with E-state index in [1.807, 2.05) is 12.2 Å². The lowest BCUT2D eigenvalue weighted by atomic mass is 10.2. The molecule has 4 heterocycles. The molecule has 1 aliphatic heterocycles. The zero-order valence-electron chi connectivity index (χ0n) is 16.8. The van der Waals surface area contributed by atoms with Gasteiger partial charge in [-0.3, -0.25) is 18.7 Å². The van der Waals surface area contributed by atoms with Crippen molar-refractivity contribution in [1.82, 2.24) is 24.3 Å². The smallest absolute Gasteiger partial charge is 0.278 e. The van der Waals surface area contributed by atoms with Gasteiger partial charge >= 0.3 is 0 Å². The Kier molecular flexibility index (Phi) is 5.58. The van der Waals surface area contributed by atoms with E-state index in [4.69, 9.17) is 0 Å². The number of hydrogen-bond acceptors (Lipinski definition) is 6. The SMILES string of the molecule is CC(=O)N1CCCCC=CCn2c(=O)c3cnc(S(C)=O)nc3n2-c2cccc1n2. The zero-order chi connectivity index (χ0) is 21.3. The van der Waals surface area contributed by atoms with E-state index in [9.17, 15) is 13.8 Å². The van der Waals surface area contributed by atoms with Crippen LogP contribution in [0.15, 0.2) is 46.5 Å². The molecule has 0 radical (unpaired) electrons. The van der Waals surface area contributed by atoms with Crippen molar-refractivity contribution < 1.29 is 9.00 Å². The molecule has 0 fully saturated rings. The fraction of sp³-hybridized carbons (Fsp3) is 0.350. The molecule has 0 saturated heterocycles. The van der Waals surface area contributed by atoms with E-state index in [1.165, 1.54) is 24.1 Å². The lowest BCUT2D eigenvalue weighted by molar-refractivity contribution is -0.116. The molecule has 1 aliphatic rings. The molecule has 0 aliphatic carbocycles. The lowest BCUT2D eigenvalue weighted by Crippen LogP contribution is -2.30. The Morgan fingerprint density at radius 2 is 1.93 bits per heavy atom. The fourth-order valence-corrected chi connectivity index (χ4v) is 3.90. The van der Waals surface area contributed by atoms with E-state index in [2.05, 4.69) is 15.0 Å². The molecule has 3 aromatic heterocycles. The van der Waals surface area contributed by atoms with Crippen LogP contribution in [0.3, 0.4) is 0 Å². The number of anilines is 1. The van der Waals surface area contributed by atoms with Crippen molar-refractivity contribution in [1.29, 1.82) is 0 Å². The summed E-state index contributed by atoms with van der Waals surface area (Å²) in [7, 11) is -1.40. The summed E-state index contributed by atoms with van der Waals surface area (Å²) in [6, 6.07) is 5.33. The third-order valence-electron chi connectivity index (χ3n) is 4.95. The Bertz CT molecular complexity index is 1230. The highest BCUT2D eigenvalue weighted by Gasteiger charge is 2.20. The van der Waals surface area contributed by atoms with Gasteiger partial charge in [-0.05, 0) is 31.4 Å². The van der Waals surface area contributed by atoms with Crippen molar-refractivity contribution in [2.24, 2.45) is 0 Å². The second-order valence-corrected chi connectivity index (χ2v) is 8.31. The second kappa shape index (κ2) is 8.31. The Hall–Kier alpha value is -3.14. The van der Waals surface area contributed by atoms with Gasteiger partial charge < -0.3 is 0 Å². The van der Waals surface area contributed by atoms with Gasteiger partial charge in [-0.15, -0.1) is 0 Å². The monoisotopic (exact) mass is 426 g/mol. The maximum atomic E-state index is 13.1. The minimum Gasteiger partial charge on any atom is -0.297 e. The van der Waals surface area contributed by atoms with E-state index in [1.54, 1.807) is 27.8 Å². The Morgan fingerprint density at radius 3 is 2.70 bits per heavy atom. The van der Waals surface area contributed by atoms with Gasteiger partial charge in [0.2, 0.25) is 11.1 Å². The first-order valence-electron chi connectivity index (χ1n) is 9.70. The first kappa shape index (κ1) is 20.1. The van der Waals surface area contributed by atoms with E-state index in [0.29, 0.717) is 35.8 Å². The van der Waals surface area contributed by atoms with E-state index >= 15 is 0 Å². The predicted molar refractivity (Wildman–Crippen MR) is 114 cm³/mol. The zero-order valence-corrected chi connectivity index (χ0v) is 17.6. The molecule has 3 aromatic rings. The maximum Gasteiger partial charge on any atom is 0.278 e. The Morgan fingerprint density at radius 1 is 1.13 bits per heavy atom. The summed E-state index contributed by atoms with van der Waals surface area (Å²) in [5.74, 6) is 0.872. The van der Waals surface area contributed by atoms with Gasteiger partial charge in [-0.25, -0.2) is 24.3 Å². The van der Waals surface area contributed by atoms with Gasteiger partial charge in [0.1, 0.15) is 11.2 Å². The van der Waals surface area contributed by atoms with Gasteiger partial charge in [-0.1, -0.05) is 18.2 Å². The van der Waals surface area contributed by atoms with E-state index < -0.39 is 10.8 Å². The number of nitrogens with zero attached hydrogens (tertiary/aromatic N) is 6. The van der Waals surface area contributed by atoms with Crippen molar-refractivity contribution in [3.05, 3.63) is 46.9 Å². The van der Waals surface area contributed by atoms with Crippen LogP contribution in [0.5, 0.6) is 0 Å². The highest BCUT2D eigenvalue weighted by atomic mass is 32.2. The average molecular weight is 427 g/mol. The number of fused-ring (bicyclic) bond motifs is 6. The number of rotatable bonds is 1. The molecule has 1 amide bonds. The first-order chi connectivity index (χ1) is 14.5. The minimum atomic E-state index is -1.40. The molecule has 30 heavy (non-hydrogen) atoms. The molecular formula is C20H22N6O3S. The number of pyridine rings is 1. The third-order valence-corrected chi connectivity index (χ3v) is 5.66. The number of carbonyl (C=O) groups excluding carboxylic acids is 1. The minimum absolute atomic E-state index is 0.0918. The largest absolute Gasteiger partial charge is 0.297 e. The summed E-state index contributed by atoms with van der Waals surface area (Å²) in [6.45, 7) is 2.42. The highest BCUT2D eigenvalue weighted by Crippen LogP contribution is 2.20. The molecule has 1 unspecified atom stereocenters. The van der Waals surface area contributed by atoms with Gasteiger partial charge in [0.15, 0.2) is 11.5 Å². The second-order valence-electron chi connectivity index (χ2n) is 7.03. The summed E-state index contributed by atoms with van der Waals surface area (Å²) in [6.07, 6.45) is 9.50. The topological polar surface area (TPSA) is 103 Å². The van der Waals surface area contributed by atoms with Crippen molar-refractivity contribution in [3.8, 4) is 5.82 Å². The summed E-state index contributed by atoms with van der Waals surface area (Å²) in [5, 5.41) is 0.462. The highest BCUT2D eigenvalue weighted by molar-refractivity contribution is 7.84. The Balaban J connectivity index is 2.01. The van der Waals surface area contributed by atoms with Crippen LogP contribution < -0.4 is 10.5 Å². The number of allylic oxidation sites excluding steroid dienone is 2. The number of hydrogen-bond donors (Lipinski definition) is 0. The number of carbonyl (C=O) groups is 1. The molecular weight excluding hydrogens is 404 g/mol. The third kappa shape index (κ3) is 3.70. The molecule has 2 bridgehead atoms. The molecule has 0 saturated carbocycles. The van der Waals surface area contributed by atoms with Crippen molar-refractivity contribution >= 4 is 33.6 Å². The van der Waals surface area contributed by atoms with Crippen molar-refractivity contribution in [2.75, 3.05) is 17.7 Å². The average Bonchev–Trinajstić information content (AvgIpc) is 3.00. The number of aromatic nitrogens is 5. The van der Waals surface area contributed by atoms with Crippen molar-refractivity contribution in [2.45, 2.75) is 37.9 Å². The molecule has 0 spiro atoms. The molecule has 156 valence electrons. The van der Waals surface area contributed by atoms with Crippen LogP contribution in [0.1, 0.15) is 26.2 Å². The molecule has 9 nitrogen and oxygen atoms in total. The molecule has 4 rings (SSSR count). The summed E-state index contributed by atoms with van der Waals surface area (Å²) >= 11 is 0. The van der Waals surface area contributed by atoms with Crippen LogP contribution in [0.2, 0.25) is 0 Å². The normalized spacial score (nSPS) is 15.7. The Labute approximate surface area is 175 Å².